The Labute approximate surface area is 164 Å². The van der Waals surface area contributed by atoms with Gasteiger partial charge in [0.15, 0.2) is 0 Å². The van der Waals surface area contributed by atoms with Crippen LogP contribution in [0.15, 0.2) is 65.2 Å². The second-order valence-corrected chi connectivity index (χ2v) is 7.07. The van der Waals surface area contributed by atoms with Crippen LogP contribution in [-0.2, 0) is 0 Å². The summed E-state index contributed by atoms with van der Waals surface area (Å²) in [5, 5.41) is 8.38. The normalized spacial score (nSPS) is 15.0. The van der Waals surface area contributed by atoms with Gasteiger partial charge in [-0.15, -0.1) is 0 Å². The van der Waals surface area contributed by atoms with Crippen LogP contribution in [0, 0.1) is 0 Å². The van der Waals surface area contributed by atoms with Crippen molar-refractivity contribution in [1.82, 2.24) is 15.4 Å². The Hall–Kier alpha value is -2.34. The summed E-state index contributed by atoms with van der Waals surface area (Å²) in [4.78, 5) is 4.66. The van der Waals surface area contributed by atoms with Crippen LogP contribution in [0.4, 0.5) is 11.6 Å². The maximum Gasteiger partial charge on any atom is 0.232 e. The molecule has 2 aromatic carbocycles. The number of hydrogen-bond donors (Lipinski definition) is 1. The molecule has 0 saturated carbocycles. The first-order chi connectivity index (χ1) is 13.3. The summed E-state index contributed by atoms with van der Waals surface area (Å²) in [6.45, 7) is 6.08. The predicted octanol–water partition coefficient (Wildman–Crippen LogP) is 4.04. The van der Waals surface area contributed by atoms with Crippen LogP contribution in [0.1, 0.15) is 0 Å². The van der Waals surface area contributed by atoms with E-state index in [1.54, 1.807) is 0 Å². The SMILES string of the molecule is Clc1ccc(-c2cc(N(CCN3CCNCC3)c3ccccc3)on2)cc1. The number of para-hydroxylation sites is 1. The molecule has 1 aliphatic rings. The molecule has 0 unspecified atom stereocenters. The molecular weight excluding hydrogens is 360 g/mol. The third-order valence-corrected chi connectivity index (χ3v) is 5.07. The van der Waals surface area contributed by atoms with Crippen molar-refractivity contribution in [2.75, 3.05) is 44.2 Å². The third-order valence-electron chi connectivity index (χ3n) is 4.82. The zero-order valence-electron chi connectivity index (χ0n) is 15.1. The predicted molar refractivity (Wildman–Crippen MR) is 110 cm³/mol. The summed E-state index contributed by atoms with van der Waals surface area (Å²) in [6.07, 6.45) is 0. The van der Waals surface area contributed by atoms with E-state index in [4.69, 9.17) is 16.1 Å². The quantitative estimate of drug-likeness (QED) is 0.697. The molecule has 0 spiro atoms. The van der Waals surface area contributed by atoms with Crippen molar-refractivity contribution in [3.05, 3.63) is 65.7 Å². The second-order valence-electron chi connectivity index (χ2n) is 6.64. The van der Waals surface area contributed by atoms with E-state index in [2.05, 4.69) is 32.4 Å². The number of nitrogens with zero attached hydrogens (tertiary/aromatic N) is 3. The summed E-state index contributed by atoms with van der Waals surface area (Å²) >= 11 is 5.99. The first-order valence-corrected chi connectivity index (χ1v) is 9.66. The molecule has 140 valence electrons. The van der Waals surface area contributed by atoms with Gasteiger partial charge in [0.25, 0.3) is 0 Å². The lowest BCUT2D eigenvalue weighted by Gasteiger charge is -2.30. The Kier molecular flexibility index (Phi) is 5.72. The maximum atomic E-state index is 5.99. The summed E-state index contributed by atoms with van der Waals surface area (Å²) in [5.74, 6) is 0.751. The number of piperazine rings is 1. The Morgan fingerprint density at radius 3 is 2.52 bits per heavy atom. The zero-order valence-corrected chi connectivity index (χ0v) is 15.9. The van der Waals surface area contributed by atoms with Gasteiger partial charge in [0.05, 0.1) is 0 Å². The molecule has 0 aliphatic carbocycles. The monoisotopic (exact) mass is 382 g/mol. The van der Waals surface area contributed by atoms with Crippen molar-refractivity contribution in [2.24, 2.45) is 0 Å². The average molecular weight is 383 g/mol. The number of anilines is 2. The van der Waals surface area contributed by atoms with Crippen molar-refractivity contribution in [3.8, 4) is 11.3 Å². The van der Waals surface area contributed by atoms with Crippen LogP contribution in [0.5, 0.6) is 0 Å². The molecule has 0 bridgehead atoms. The Morgan fingerprint density at radius 2 is 1.78 bits per heavy atom. The fraction of sp³-hybridized carbons (Fsp3) is 0.286. The minimum absolute atomic E-state index is 0.712. The molecule has 1 N–H and O–H groups in total. The van der Waals surface area contributed by atoms with Gasteiger partial charge in [0.1, 0.15) is 5.69 Å². The number of hydrogen-bond acceptors (Lipinski definition) is 5. The Balaban J connectivity index is 1.55. The molecule has 1 aliphatic heterocycles. The zero-order chi connectivity index (χ0) is 18.5. The smallest absolute Gasteiger partial charge is 0.232 e. The average Bonchev–Trinajstić information content (AvgIpc) is 3.20. The van der Waals surface area contributed by atoms with Crippen LogP contribution < -0.4 is 10.2 Å². The van der Waals surface area contributed by atoms with Crippen molar-refractivity contribution < 1.29 is 4.52 Å². The lowest BCUT2D eigenvalue weighted by atomic mass is 10.1. The summed E-state index contributed by atoms with van der Waals surface area (Å²) in [6, 6.07) is 20.0. The van der Waals surface area contributed by atoms with Crippen LogP contribution in [0.3, 0.4) is 0 Å². The van der Waals surface area contributed by atoms with Crippen LogP contribution >= 0.6 is 11.6 Å². The number of rotatable bonds is 6. The molecule has 0 radical (unpaired) electrons. The highest BCUT2D eigenvalue weighted by atomic mass is 35.5. The van der Waals surface area contributed by atoms with Gasteiger partial charge in [-0.3, -0.25) is 4.90 Å². The molecule has 0 amide bonds. The van der Waals surface area contributed by atoms with Crippen molar-refractivity contribution in [1.29, 1.82) is 0 Å². The second kappa shape index (κ2) is 8.57. The standard InChI is InChI=1S/C21H23ClN4O/c22-18-8-6-17(7-9-18)20-16-21(27-24-20)26(19-4-2-1-3-5-19)15-14-25-12-10-23-11-13-25/h1-9,16,23H,10-15H2. The van der Waals surface area contributed by atoms with E-state index >= 15 is 0 Å². The van der Waals surface area contributed by atoms with Crippen molar-refractivity contribution in [2.45, 2.75) is 0 Å². The van der Waals surface area contributed by atoms with Crippen molar-refractivity contribution >= 4 is 23.2 Å². The van der Waals surface area contributed by atoms with E-state index in [1.807, 2.05) is 48.5 Å². The summed E-state index contributed by atoms with van der Waals surface area (Å²) in [5.41, 5.74) is 2.90. The van der Waals surface area contributed by atoms with Gasteiger partial charge in [0.2, 0.25) is 5.88 Å². The molecule has 1 saturated heterocycles. The number of benzene rings is 2. The number of nitrogens with one attached hydrogen (secondary N) is 1. The van der Waals surface area contributed by atoms with E-state index in [1.165, 1.54) is 0 Å². The van der Waals surface area contributed by atoms with E-state index < -0.39 is 0 Å². The number of halogens is 1. The fourth-order valence-electron chi connectivity index (χ4n) is 3.30. The van der Waals surface area contributed by atoms with Gasteiger partial charge >= 0.3 is 0 Å². The molecule has 1 aromatic heterocycles. The van der Waals surface area contributed by atoms with Gasteiger partial charge < -0.3 is 14.7 Å². The Bertz CT molecular complexity index is 844. The molecule has 0 atom stereocenters. The van der Waals surface area contributed by atoms with Gasteiger partial charge in [-0.1, -0.05) is 47.1 Å². The van der Waals surface area contributed by atoms with E-state index in [0.717, 1.165) is 62.1 Å². The van der Waals surface area contributed by atoms with Gasteiger partial charge in [-0.05, 0) is 24.3 Å². The number of aromatic nitrogens is 1. The van der Waals surface area contributed by atoms with Crippen LogP contribution in [-0.4, -0.2) is 49.3 Å². The molecule has 1 fully saturated rings. The summed E-state index contributed by atoms with van der Waals surface area (Å²) in [7, 11) is 0. The van der Waals surface area contributed by atoms with E-state index in [9.17, 15) is 0 Å². The molecule has 2 heterocycles. The third kappa shape index (κ3) is 4.50. The minimum atomic E-state index is 0.712. The Morgan fingerprint density at radius 1 is 1.04 bits per heavy atom. The highest BCUT2D eigenvalue weighted by Crippen LogP contribution is 2.30. The molecule has 5 nitrogen and oxygen atoms in total. The molecular formula is C21H23ClN4O. The first kappa shape index (κ1) is 18.0. The largest absolute Gasteiger partial charge is 0.338 e. The van der Waals surface area contributed by atoms with Gasteiger partial charge in [-0.2, -0.15) is 0 Å². The first-order valence-electron chi connectivity index (χ1n) is 9.28. The molecule has 4 rings (SSSR count). The molecule has 3 aromatic rings. The van der Waals surface area contributed by atoms with Gasteiger partial charge in [0, 0.05) is 61.6 Å². The van der Waals surface area contributed by atoms with Gasteiger partial charge in [-0.25, -0.2) is 0 Å². The fourth-order valence-corrected chi connectivity index (χ4v) is 3.43. The maximum absolute atomic E-state index is 5.99. The van der Waals surface area contributed by atoms with Crippen LogP contribution in [0.25, 0.3) is 11.3 Å². The minimum Gasteiger partial charge on any atom is -0.338 e. The van der Waals surface area contributed by atoms with E-state index in [-0.39, 0.29) is 0 Å². The summed E-state index contributed by atoms with van der Waals surface area (Å²) < 4.78 is 5.72. The lowest BCUT2D eigenvalue weighted by molar-refractivity contribution is 0.246. The molecule has 27 heavy (non-hydrogen) atoms. The molecule has 6 heteroatoms. The topological polar surface area (TPSA) is 44.5 Å². The van der Waals surface area contributed by atoms with Crippen molar-refractivity contribution in [3.63, 3.8) is 0 Å². The lowest BCUT2D eigenvalue weighted by Crippen LogP contribution is -2.45. The van der Waals surface area contributed by atoms with Crippen LogP contribution in [0.2, 0.25) is 5.02 Å². The highest BCUT2D eigenvalue weighted by molar-refractivity contribution is 6.30. The highest BCUT2D eigenvalue weighted by Gasteiger charge is 2.18. The van der Waals surface area contributed by atoms with E-state index in [0.29, 0.717) is 5.02 Å².